The standard InChI is InChI=1S/C26H32N4OS/c1-6-32-24-23(21-9-7-17(2)19(4)15-21)28-26(29-24)11-13-30(14-12-26)25(31)27-22-10-8-18(3)20(5)16-22/h7-10,15-16H,6,11-14H2,1-5H3,(H,27,31). The second-order valence-electron chi connectivity index (χ2n) is 8.81. The van der Waals surface area contributed by atoms with Crippen molar-refractivity contribution in [3.05, 3.63) is 64.2 Å². The highest BCUT2D eigenvalue weighted by Gasteiger charge is 2.40. The zero-order valence-electron chi connectivity index (χ0n) is 19.7. The number of aliphatic imine (C=N–C) groups is 2. The predicted octanol–water partition coefficient (Wildman–Crippen LogP) is 5.90. The van der Waals surface area contributed by atoms with Crippen LogP contribution in [0.25, 0.3) is 0 Å². The van der Waals surface area contributed by atoms with E-state index in [-0.39, 0.29) is 6.03 Å². The average molecular weight is 449 g/mol. The van der Waals surface area contributed by atoms with Crippen LogP contribution in [-0.2, 0) is 0 Å². The molecule has 4 rings (SSSR count). The average Bonchev–Trinajstić information content (AvgIpc) is 3.11. The number of nitrogens with one attached hydrogen (secondary N) is 1. The van der Waals surface area contributed by atoms with Crippen LogP contribution in [0.3, 0.4) is 0 Å². The lowest BCUT2D eigenvalue weighted by Gasteiger charge is -2.35. The molecular weight excluding hydrogens is 416 g/mol. The lowest BCUT2D eigenvalue weighted by atomic mass is 9.98. The van der Waals surface area contributed by atoms with E-state index in [0.29, 0.717) is 13.1 Å². The van der Waals surface area contributed by atoms with Gasteiger partial charge in [-0.1, -0.05) is 25.1 Å². The van der Waals surface area contributed by atoms with Crippen LogP contribution in [0, 0.1) is 27.7 Å². The first kappa shape index (κ1) is 22.6. The molecule has 0 saturated carbocycles. The van der Waals surface area contributed by atoms with Crippen LogP contribution in [0.4, 0.5) is 10.5 Å². The number of rotatable bonds is 3. The maximum atomic E-state index is 12.8. The lowest BCUT2D eigenvalue weighted by Crippen LogP contribution is -2.46. The van der Waals surface area contributed by atoms with Crippen LogP contribution >= 0.6 is 11.8 Å². The fraction of sp³-hybridized carbons (Fsp3) is 0.423. The number of carbonyl (C=O) groups excluding carboxylic acids is 1. The van der Waals surface area contributed by atoms with E-state index >= 15 is 0 Å². The molecule has 0 bridgehead atoms. The molecule has 2 amide bonds. The lowest BCUT2D eigenvalue weighted by molar-refractivity contribution is 0.175. The van der Waals surface area contributed by atoms with Crippen molar-refractivity contribution < 1.29 is 4.79 Å². The van der Waals surface area contributed by atoms with Gasteiger partial charge in [-0.25, -0.2) is 9.79 Å². The molecular formula is C26H32N4OS. The van der Waals surface area contributed by atoms with Crippen molar-refractivity contribution in [2.24, 2.45) is 9.98 Å². The molecule has 0 radical (unpaired) electrons. The predicted molar refractivity (Wildman–Crippen MR) is 136 cm³/mol. The molecule has 2 aromatic rings. The van der Waals surface area contributed by atoms with E-state index in [9.17, 15) is 4.79 Å². The van der Waals surface area contributed by atoms with Gasteiger partial charge in [0.05, 0.1) is 5.71 Å². The Kier molecular flexibility index (Phi) is 6.42. The molecule has 0 aliphatic carbocycles. The summed E-state index contributed by atoms with van der Waals surface area (Å²) in [7, 11) is 0. The fourth-order valence-corrected chi connectivity index (χ4v) is 4.96. The van der Waals surface area contributed by atoms with E-state index in [1.807, 2.05) is 23.1 Å². The molecule has 0 atom stereocenters. The van der Waals surface area contributed by atoms with Crippen LogP contribution in [0.1, 0.15) is 47.6 Å². The van der Waals surface area contributed by atoms with Gasteiger partial charge >= 0.3 is 6.03 Å². The Morgan fingerprint density at radius 3 is 2.25 bits per heavy atom. The van der Waals surface area contributed by atoms with Crippen LogP contribution < -0.4 is 5.32 Å². The van der Waals surface area contributed by atoms with Gasteiger partial charge in [0.15, 0.2) is 5.66 Å². The third kappa shape index (κ3) is 4.60. The molecule has 6 heteroatoms. The van der Waals surface area contributed by atoms with E-state index in [2.05, 4.69) is 58.1 Å². The Labute approximate surface area is 195 Å². The van der Waals surface area contributed by atoms with Gasteiger partial charge in [-0.15, -0.1) is 11.8 Å². The molecule has 168 valence electrons. The monoisotopic (exact) mass is 448 g/mol. The van der Waals surface area contributed by atoms with Crippen molar-refractivity contribution in [1.82, 2.24) is 4.90 Å². The summed E-state index contributed by atoms with van der Waals surface area (Å²) in [5.74, 6) is 0.962. The molecule has 1 spiro atoms. The quantitative estimate of drug-likeness (QED) is 0.636. The largest absolute Gasteiger partial charge is 0.324 e. The first-order valence-electron chi connectivity index (χ1n) is 11.3. The van der Waals surface area contributed by atoms with Crippen molar-refractivity contribution >= 4 is 34.2 Å². The summed E-state index contributed by atoms with van der Waals surface area (Å²) < 4.78 is 0. The van der Waals surface area contributed by atoms with Crippen LogP contribution in [0.5, 0.6) is 0 Å². The summed E-state index contributed by atoms with van der Waals surface area (Å²) in [4.78, 5) is 25.0. The Hall–Kier alpha value is -2.60. The van der Waals surface area contributed by atoms with Gasteiger partial charge < -0.3 is 10.2 Å². The summed E-state index contributed by atoms with van der Waals surface area (Å²) in [6.07, 6.45) is 1.49. The van der Waals surface area contributed by atoms with Gasteiger partial charge in [0, 0.05) is 37.2 Å². The highest BCUT2D eigenvalue weighted by Crippen LogP contribution is 2.36. The van der Waals surface area contributed by atoms with Gasteiger partial charge in [0.2, 0.25) is 0 Å². The molecule has 2 aromatic carbocycles. The third-order valence-electron chi connectivity index (χ3n) is 6.50. The van der Waals surface area contributed by atoms with Crippen LogP contribution in [0.2, 0.25) is 0 Å². The van der Waals surface area contributed by atoms with Gasteiger partial charge in [0.25, 0.3) is 0 Å². The molecule has 32 heavy (non-hydrogen) atoms. The van der Waals surface area contributed by atoms with Gasteiger partial charge in [-0.05, 0) is 73.9 Å². The normalized spacial score (nSPS) is 17.3. The minimum absolute atomic E-state index is 0.0494. The molecule has 2 heterocycles. The first-order chi connectivity index (χ1) is 15.3. The number of carbonyl (C=O) groups is 1. The number of hydrogen-bond donors (Lipinski definition) is 1. The number of amides is 2. The van der Waals surface area contributed by atoms with Crippen molar-refractivity contribution in [3.63, 3.8) is 0 Å². The Morgan fingerprint density at radius 2 is 1.62 bits per heavy atom. The summed E-state index contributed by atoms with van der Waals surface area (Å²) in [5, 5.41) is 4.08. The maximum Gasteiger partial charge on any atom is 0.321 e. The summed E-state index contributed by atoms with van der Waals surface area (Å²) in [6.45, 7) is 11.8. The highest BCUT2D eigenvalue weighted by atomic mass is 32.2. The number of likely N-dealkylation sites (tertiary alicyclic amines) is 1. The second kappa shape index (κ2) is 9.10. The minimum atomic E-state index is -0.442. The number of aryl methyl sites for hydroxylation is 4. The number of hydrogen-bond acceptors (Lipinski definition) is 4. The Morgan fingerprint density at radius 1 is 0.969 bits per heavy atom. The SMILES string of the molecule is CCSC1=NC2(CCN(C(=O)Nc3ccc(C)c(C)c3)CC2)N=C1c1ccc(C)c(C)c1. The Balaban J connectivity index is 1.48. The molecule has 0 unspecified atom stereocenters. The van der Waals surface area contributed by atoms with Crippen LogP contribution in [-0.4, -0.2) is 46.2 Å². The summed E-state index contributed by atoms with van der Waals surface area (Å²) in [6, 6.07) is 12.5. The maximum absolute atomic E-state index is 12.8. The zero-order valence-corrected chi connectivity index (χ0v) is 20.5. The van der Waals surface area contributed by atoms with Crippen molar-refractivity contribution in [2.45, 2.75) is 53.1 Å². The van der Waals surface area contributed by atoms with E-state index < -0.39 is 5.66 Å². The van der Waals surface area contributed by atoms with Gasteiger partial charge in [0.1, 0.15) is 5.04 Å². The van der Waals surface area contributed by atoms with E-state index in [1.165, 1.54) is 22.3 Å². The molecule has 5 nitrogen and oxygen atoms in total. The second-order valence-corrected chi connectivity index (χ2v) is 10.1. The van der Waals surface area contributed by atoms with Crippen molar-refractivity contribution in [1.29, 1.82) is 0 Å². The molecule has 1 saturated heterocycles. The minimum Gasteiger partial charge on any atom is -0.324 e. The van der Waals surface area contributed by atoms with E-state index in [1.54, 1.807) is 11.8 Å². The number of benzene rings is 2. The van der Waals surface area contributed by atoms with E-state index in [0.717, 1.165) is 40.6 Å². The number of piperidine rings is 1. The van der Waals surface area contributed by atoms with E-state index in [4.69, 9.17) is 9.98 Å². The zero-order chi connectivity index (χ0) is 22.9. The first-order valence-corrected chi connectivity index (χ1v) is 12.3. The fourth-order valence-electron chi connectivity index (χ4n) is 4.15. The van der Waals surface area contributed by atoms with Gasteiger partial charge in [-0.2, -0.15) is 0 Å². The highest BCUT2D eigenvalue weighted by molar-refractivity contribution is 8.15. The number of urea groups is 1. The Bertz CT molecular complexity index is 1100. The number of anilines is 1. The summed E-state index contributed by atoms with van der Waals surface area (Å²) >= 11 is 1.76. The third-order valence-corrected chi connectivity index (χ3v) is 7.35. The van der Waals surface area contributed by atoms with Crippen molar-refractivity contribution in [3.8, 4) is 0 Å². The molecule has 2 aliphatic rings. The van der Waals surface area contributed by atoms with Gasteiger partial charge in [-0.3, -0.25) is 4.99 Å². The number of thioether (sulfide) groups is 1. The molecule has 1 N–H and O–H groups in total. The number of nitrogens with zero attached hydrogens (tertiary/aromatic N) is 3. The molecule has 0 aromatic heterocycles. The molecule has 2 aliphatic heterocycles. The summed E-state index contributed by atoms with van der Waals surface area (Å²) in [5.41, 5.74) is 7.50. The van der Waals surface area contributed by atoms with Crippen molar-refractivity contribution in [2.75, 3.05) is 24.2 Å². The topological polar surface area (TPSA) is 57.1 Å². The van der Waals surface area contributed by atoms with Crippen LogP contribution in [0.15, 0.2) is 46.4 Å². The smallest absolute Gasteiger partial charge is 0.321 e. The molecule has 1 fully saturated rings.